The highest BCUT2D eigenvalue weighted by Gasteiger charge is 2.42. The van der Waals surface area contributed by atoms with Crippen LogP contribution >= 0.6 is 0 Å². The molecule has 0 aromatic carbocycles. The van der Waals surface area contributed by atoms with Crippen molar-refractivity contribution in [2.75, 3.05) is 26.2 Å². The van der Waals surface area contributed by atoms with Crippen molar-refractivity contribution in [2.45, 2.75) is 25.3 Å². The predicted octanol–water partition coefficient (Wildman–Crippen LogP) is -0.721. The molecule has 0 bridgehead atoms. The Bertz CT molecular complexity index is 305. The number of nitrogens with one attached hydrogen (secondary N) is 2. The predicted molar refractivity (Wildman–Crippen MR) is 54.1 cm³/mol. The molecule has 0 radical (unpaired) electrons. The van der Waals surface area contributed by atoms with Crippen molar-refractivity contribution in [3.8, 4) is 0 Å². The minimum absolute atomic E-state index is 0.163. The van der Waals surface area contributed by atoms with Crippen molar-refractivity contribution < 1.29 is 8.42 Å². The van der Waals surface area contributed by atoms with Crippen LogP contribution in [0, 0.1) is 0 Å². The summed E-state index contributed by atoms with van der Waals surface area (Å²) in [6.07, 6.45) is 1.91. The molecule has 82 valence electrons. The lowest BCUT2D eigenvalue weighted by Gasteiger charge is -2.28. The van der Waals surface area contributed by atoms with E-state index in [9.17, 15) is 8.42 Å². The van der Waals surface area contributed by atoms with Gasteiger partial charge in [-0.25, -0.2) is 0 Å². The van der Waals surface area contributed by atoms with Gasteiger partial charge in [0, 0.05) is 31.7 Å². The van der Waals surface area contributed by atoms with Crippen molar-refractivity contribution in [3.05, 3.63) is 0 Å². The Morgan fingerprint density at radius 3 is 2.36 bits per heavy atom. The molecular weight excluding hydrogens is 202 g/mol. The molecular formula is C8H17N3O2S. The summed E-state index contributed by atoms with van der Waals surface area (Å²) in [6, 6.07) is 0. The van der Waals surface area contributed by atoms with E-state index in [4.69, 9.17) is 0 Å². The second-order valence-electron chi connectivity index (χ2n) is 4.32. The Morgan fingerprint density at radius 2 is 1.86 bits per heavy atom. The van der Waals surface area contributed by atoms with Gasteiger partial charge in [-0.2, -0.15) is 17.4 Å². The third kappa shape index (κ3) is 2.25. The van der Waals surface area contributed by atoms with E-state index >= 15 is 0 Å². The molecule has 1 aliphatic carbocycles. The maximum Gasteiger partial charge on any atom is 0.280 e. The summed E-state index contributed by atoms with van der Waals surface area (Å²) in [5.41, 5.74) is -0.163. The van der Waals surface area contributed by atoms with E-state index in [0.29, 0.717) is 13.1 Å². The molecule has 2 N–H and O–H groups in total. The first-order chi connectivity index (χ1) is 6.52. The number of rotatable bonds is 3. The Morgan fingerprint density at radius 1 is 1.29 bits per heavy atom. The molecule has 6 heteroatoms. The van der Waals surface area contributed by atoms with Gasteiger partial charge in [0.15, 0.2) is 0 Å². The largest absolute Gasteiger partial charge is 0.314 e. The van der Waals surface area contributed by atoms with Gasteiger partial charge in [0.1, 0.15) is 0 Å². The van der Waals surface area contributed by atoms with Crippen molar-refractivity contribution in [2.24, 2.45) is 0 Å². The average Bonchev–Trinajstić information content (AvgIpc) is 2.84. The smallest absolute Gasteiger partial charge is 0.280 e. The van der Waals surface area contributed by atoms with Gasteiger partial charge in [-0.1, -0.05) is 0 Å². The molecule has 0 aromatic heterocycles. The topological polar surface area (TPSA) is 61.4 Å². The van der Waals surface area contributed by atoms with Crippen molar-refractivity contribution in [1.82, 2.24) is 14.3 Å². The lowest BCUT2D eigenvalue weighted by molar-refractivity contribution is 0.351. The lowest BCUT2D eigenvalue weighted by Crippen LogP contribution is -2.52. The molecule has 0 aromatic rings. The lowest BCUT2D eigenvalue weighted by atomic mass is 10.4. The van der Waals surface area contributed by atoms with E-state index in [1.807, 2.05) is 6.92 Å². The summed E-state index contributed by atoms with van der Waals surface area (Å²) >= 11 is 0. The zero-order valence-electron chi connectivity index (χ0n) is 8.41. The highest BCUT2D eigenvalue weighted by atomic mass is 32.2. The Labute approximate surface area is 85.0 Å². The molecule has 5 nitrogen and oxygen atoms in total. The van der Waals surface area contributed by atoms with E-state index < -0.39 is 10.2 Å². The third-order valence-corrected chi connectivity index (χ3v) is 4.59. The van der Waals surface area contributed by atoms with Crippen LogP contribution in [0.2, 0.25) is 0 Å². The minimum Gasteiger partial charge on any atom is -0.314 e. The monoisotopic (exact) mass is 219 g/mol. The van der Waals surface area contributed by atoms with Gasteiger partial charge in [-0.05, 0) is 19.8 Å². The zero-order valence-corrected chi connectivity index (χ0v) is 9.23. The molecule has 1 aliphatic heterocycles. The summed E-state index contributed by atoms with van der Waals surface area (Å²) in [5.74, 6) is 0. The van der Waals surface area contributed by atoms with Crippen LogP contribution in [0.1, 0.15) is 19.8 Å². The van der Waals surface area contributed by atoms with Gasteiger partial charge >= 0.3 is 0 Å². The van der Waals surface area contributed by atoms with Crippen LogP contribution in [0.15, 0.2) is 0 Å². The van der Waals surface area contributed by atoms with Gasteiger partial charge in [0.05, 0.1) is 0 Å². The molecule has 0 spiro atoms. The van der Waals surface area contributed by atoms with Crippen molar-refractivity contribution >= 4 is 10.2 Å². The summed E-state index contributed by atoms with van der Waals surface area (Å²) < 4.78 is 27.9. The maximum atomic E-state index is 11.8. The molecule has 0 unspecified atom stereocenters. The Balaban J connectivity index is 1.99. The highest BCUT2D eigenvalue weighted by molar-refractivity contribution is 7.87. The average molecular weight is 219 g/mol. The van der Waals surface area contributed by atoms with Crippen molar-refractivity contribution in [3.63, 3.8) is 0 Å². The molecule has 0 amide bonds. The number of piperazine rings is 1. The SMILES string of the molecule is CC1(NS(=O)(=O)N2CCNCC2)CC1. The van der Waals surface area contributed by atoms with Crippen LogP contribution in [0.25, 0.3) is 0 Å². The van der Waals surface area contributed by atoms with E-state index in [1.54, 1.807) is 0 Å². The van der Waals surface area contributed by atoms with Gasteiger partial charge in [-0.15, -0.1) is 0 Å². The number of nitrogens with zero attached hydrogens (tertiary/aromatic N) is 1. The number of hydrogen-bond donors (Lipinski definition) is 2. The van der Waals surface area contributed by atoms with Crippen LogP contribution < -0.4 is 10.0 Å². The normalized spacial score (nSPS) is 27.5. The molecule has 0 atom stereocenters. The highest BCUT2D eigenvalue weighted by Crippen LogP contribution is 2.35. The molecule has 1 saturated carbocycles. The quantitative estimate of drug-likeness (QED) is 0.658. The number of hydrogen-bond acceptors (Lipinski definition) is 3. The minimum atomic E-state index is -3.24. The van der Waals surface area contributed by atoms with Gasteiger partial charge in [-0.3, -0.25) is 0 Å². The maximum absolute atomic E-state index is 11.8. The second kappa shape index (κ2) is 3.44. The van der Waals surface area contributed by atoms with Crippen molar-refractivity contribution in [1.29, 1.82) is 0 Å². The Kier molecular flexibility index (Phi) is 2.55. The van der Waals surface area contributed by atoms with Crippen LogP contribution in [0.4, 0.5) is 0 Å². The van der Waals surface area contributed by atoms with Gasteiger partial charge < -0.3 is 5.32 Å². The molecule has 1 heterocycles. The van der Waals surface area contributed by atoms with Crippen LogP contribution in [0.3, 0.4) is 0 Å². The summed E-state index contributed by atoms with van der Waals surface area (Å²) in [7, 11) is -3.24. The molecule has 2 aliphatic rings. The molecule has 2 fully saturated rings. The van der Waals surface area contributed by atoms with E-state index in [-0.39, 0.29) is 5.54 Å². The fourth-order valence-electron chi connectivity index (χ4n) is 1.55. The molecule has 2 rings (SSSR count). The summed E-state index contributed by atoms with van der Waals surface area (Å²) in [4.78, 5) is 0. The first-order valence-electron chi connectivity index (χ1n) is 5.02. The molecule has 1 saturated heterocycles. The van der Waals surface area contributed by atoms with Gasteiger partial charge in [0.25, 0.3) is 10.2 Å². The standard InChI is InChI=1S/C8H17N3O2S/c1-8(2-3-8)10-14(12,13)11-6-4-9-5-7-11/h9-10H,2-7H2,1H3. The van der Waals surface area contributed by atoms with Gasteiger partial charge in [0.2, 0.25) is 0 Å². The van der Waals surface area contributed by atoms with E-state index in [1.165, 1.54) is 4.31 Å². The van der Waals surface area contributed by atoms with Crippen LogP contribution in [0.5, 0.6) is 0 Å². The van der Waals surface area contributed by atoms with Crippen LogP contribution in [-0.4, -0.2) is 44.4 Å². The second-order valence-corrected chi connectivity index (χ2v) is 5.99. The summed E-state index contributed by atoms with van der Waals surface area (Å²) in [5, 5.41) is 3.13. The van der Waals surface area contributed by atoms with E-state index in [2.05, 4.69) is 10.0 Å². The fourth-order valence-corrected chi connectivity index (χ4v) is 3.17. The third-order valence-electron chi connectivity index (χ3n) is 2.79. The van der Waals surface area contributed by atoms with Crippen LogP contribution in [-0.2, 0) is 10.2 Å². The van der Waals surface area contributed by atoms with E-state index in [0.717, 1.165) is 25.9 Å². The summed E-state index contributed by atoms with van der Waals surface area (Å²) in [6.45, 7) is 4.60. The fraction of sp³-hybridized carbons (Fsp3) is 1.00. The molecule has 14 heavy (non-hydrogen) atoms. The first kappa shape index (κ1) is 10.4. The zero-order chi connectivity index (χ0) is 10.2. The Hall–Kier alpha value is -0.170. The first-order valence-corrected chi connectivity index (χ1v) is 6.46.